The molecule has 0 spiro atoms. The van der Waals surface area contributed by atoms with E-state index in [1.165, 1.54) is 0 Å². The lowest BCUT2D eigenvalue weighted by Crippen LogP contribution is -2.65. The molecule has 0 amide bonds. The van der Waals surface area contributed by atoms with Crippen molar-refractivity contribution in [3.05, 3.63) is 0 Å². The second kappa shape index (κ2) is 3.35. The fourth-order valence-electron chi connectivity index (χ4n) is 2.15. The average molecular weight is 174 g/mol. The van der Waals surface area contributed by atoms with E-state index < -0.39 is 0 Å². The van der Waals surface area contributed by atoms with Crippen molar-refractivity contribution in [3.8, 4) is 0 Å². The van der Waals surface area contributed by atoms with Gasteiger partial charge in [0.15, 0.2) is 0 Å². The quantitative estimate of drug-likeness (QED) is 0.504. The monoisotopic (exact) mass is 174 g/mol. The van der Waals surface area contributed by atoms with E-state index in [0.717, 1.165) is 0 Å². The Hall–Kier alpha value is -0.0800. The summed E-state index contributed by atoms with van der Waals surface area (Å²) >= 11 is 0. The fourth-order valence-corrected chi connectivity index (χ4v) is 2.15. The molecule has 0 aliphatic heterocycles. The molecule has 0 aromatic heterocycles. The Bertz CT molecular complexity index is 136. The predicted molar refractivity (Wildman–Crippen MR) is 52.1 cm³/mol. The van der Waals surface area contributed by atoms with Gasteiger partial charge in [-0.1, -0.05) is 0 Å². The van der Waals surface area contributed by atoms with Gasteiger partial charge in [-0.25, -0.2) is 5.21 Å². The maximum Gasteiger partial charge on any atom is 0.121 e. The SMILES string of the molecule is CC(C)[N+](O)(C(C)C)C(C)(C)C. The molecule has 0 aliphatic carbocycles. The Morgan fingerprint density at radius 3 is 1.17 bits per heavy atom. The van der Waals surface area contributed by atoms with E-state index in [1.54, 1.807) is 0 Å². The summed E-state index contributed by atoms with van der Waals surface area (Å²) in [6.45, 7) is 14.5. The van der Waals surface area contributed by atoms with Gasteiger partial charge in [-0.15, -0.1) is 0 Å². The maximum absolute atomic E-state index is 10.4. The first-order valence-electron chi connectivity index (χ1n) is 4.75. The highest BCUT2D eigenvalue weighted by molar-refractivity contribution is 4.64. The molecular weight excluding hydrogens is 150 g/mol. The zero-order valence-electron chi connectivity index (χ0n) is 9.55. The van der Waals surface area contributed by atoms with Crippen LogP contribution in [0.2, 0.25) is 0 Å². The number of hydrogen-bond donors (Lipinski definition) is 1. The number of rotatable bonds is 2. The van der Waals surface area contributed by atoms with Gasteiger partial charge in [0.05, 0.1) is 0 Å². The number of hydroxylamine groups is 3. The van der Waals surface area contributed by atoms with Crippen LogP contribution in [0.3, 0.4) is 0 Å². The van der Waals surface area contributed by atoms with Gasteiger partial charge in [-0.3, -0.25) is 0 Å². The van der Waals surface area contributed by atoms with Gasteiger partial charge in [0.1, 0.15) is 17.6 Å². The third kappa shape index (κ3) is 1.80. The maximum atomic E-state index is 10.4. The van der Waals surface area contributed by atoms with Crippen LogP contribution < -0.4 is 0 Å². The smallest absolute Gasteiger partial charge is 0.121 e. The normalized spacial score (nSPS) is 14.5. The molecule has 0 rings (SSSR count). The van der Waals surface area contributed by atoms with Crippen LogP contribution in [0.4, 0.5) is 0 Å². The zero-order valence-corrected chi connectivity index (χ0v) is 9.55. The lowest BCUT2D eigenvalue weighted by atomic mass is 10.00. The summed E-state index contributed by atoms with van der Waals surface area (Å²) in [5.41, 5.74) is -0.109. The minimum absolute atomic E-state index is 0.109. The first-order valence-corrected chi connectivity index (χ1v) is 4.75. The lowest BCUT2D eigenvalue weighted by molar-refractivity contribution is -1.16. The van der Waals surface area contributed by atoms with Gasteiger partial charge in [0, 0.05) is 0 Å². The third-order valence-corrected chi connectivity index (χ3v) is 2.65. The molecule has 0 unspecified atom stereocenters. The van der Waals surface area contributed by atoms with Crippen LogP contribution in [0.15, 0.2) is 0 Å². The zero-order chi connectivity index (χ0) is 10.2. The largest absolute Gasteiger partial charge is 0.216 e. The summed E-state index contributed by atoms with van der Waals surface area (Å²) in [6, 6.07) is 0.481. The van der Waals surface area contributed by atoms with Crippen molar-refractivity contribution in [2.45, 2.75) is 66.1 Å². The van der Waals surface area contributed by atoms with Crippen molar-refractivity contribution in [1.82, 2.24) is 0 Å². The van der Waals surface area contributed by atoms with Gasteiger partial charge >= 0.3 is 0 Å². The fraction of sp³-hybridized carbons (Fsp3) is 1.00. The van der Waals surface area contributed by atoms with E-state index >= 15 is 0 Å². The van der Waals surface area contributed by atoms with Crippen LogP contribution in [0.5, 0.6) is 0 Å². The molecule has 74 valence electrons. The van der Waals surface area contributed by atoms with Crippen LogP contribution in [0.25, 0.3) is 0 Å². The van der Waals surface area contributed by atoms with E-state index in [4.69, 9.17) is 0 Å². The molecule has 0 aromatic carbocycles. The second-order valence-electron chi connectivity index (χ2n) is 5.10. The van der Waals surface area contributed by atoms with Crippen LogP contribution in [-0.4, -0.2) is 27.5 Å². The van der Waals surface area contributed by atoms with E-state index in [1.807, 2.05) is 0 Å². The van der Waals surface area contributed by atoms with E-state index in [-0.39, 0.29) is 22.3 Å². The molecule has 0 heterocycles. The summed E-state index contributed by atoms with van der Waals surface area (Å²) in [7, 11) is 0. The van der Waals surface area contributed by atoms with Crippen molar-refractivity contribution in [1.29, 1.82) is 0 Å². The molecule has 0 aliphatic rings. The molecule has 0 saturated carbocycles. The number of nitrogens with zero attached hydrogens (tertiary/aromatic N) is 1. The molecule has 2 heteroatoms. The van der Waals surface area contributed by atoms with Crippen LogP contribution in [0.1, 0.15) is 48.5 Å². The Labute approximate surface area is 76.7 Å². The molecule has 0 radical (unpaired) electrons. The van der Waals surface area contributed by atoms with Gasteiger partial charge < -0.3 is 0 Å². The lowest BCUT2D eigenvalue weighted by Gasteiger charge is -2.47. The number of hydrogen-bond acceptors (Lipinski definition) is 1. The average Bonchev–Trinajstić information content (AvgIpc) is 1.82. The summed E-state index contributed by atoms with van der Waals surface area (Å²) in [5.74, 6) is 0. The molecule has 0 atom stereocenters. The molecule has 0 fully saturated rings. The number of quaternary nitrogens is 1. The summed E-state index contributed by atoms with van der Waals surface area (Å²) in [5, 5.41) is 10.4. The van der Waals surface area contributed by atoms with Crippen molar-refractivity contribution in [2.24, 2.45) is 0 Å². The highest BCUT2D eigenvalue weighted by Gasteiger charge is 2.45. The van der Waals surface area contributed by atoms with Crippen LogP contribution in [0, 0.1) is 0 Å². The minimum atomic E-state index is -0.109. The van der Waals surface area contributed by atoms with Gasteiger partial charge in [0.25, 0.3) is 0 Å². The molecule has 12 heavy (non-hydrogen) atoms. The summed E-state index contributed by atoms with van der Waals surface area (Å²) < 4.78 is 0.132. The van der Waals surface area contributed by atoms with Crippen LogP contribution >= 0.6 is 0 Å². The highest BCUT2D eigenvalue weighted by Crippen LogP contribution is 2.28. The van der Waals surface area contributed by atoms with Crippen molar-refractivity contribution >= 4 is 0 Å². The summed E-state index contributed by atoms with van der Waals surface area (Å²) in [6.07, 6.45) is 0. The van der Waals surface area contributed by atoms with E-state index in [2.05, 4.69) is 48.5 Å². The van der Waals surface area contributed by atoms with E-state index in [0.29, 0.717) is 0 Å². The first kappa shape index (κ1) is 11.9. The molecule has 0 saturated heterocycles. The Morgan fingerprint density at radius 1 is 0.917 bits per heavy atom. The summed E-state index contributed by atoms with van der Waals surface area (Å²) in [4.78, 5) is 0. The molecule has 0 bridgehead atoms. The van der Waals surface area contributed by atoms with Crippen molar-refractivity contribution in [3.63, 3.8) is 0 Å². The van der Waals surface area contributed by atoms with Gasteiger partial charge in [-0.2, -0.15) is 4.65 Å². The standard InChI is InChI=1S/C10H24NO/c1-8(2)11(12,9(3)4)10(5,6)7/h8-9,12H,1-7H3/q+1. The second-order valence-corrected chi connectivity index (χ2v) is 5.10. The highest BCUT2D eigenvalue weighted by atomic mass is 16.6. The van der Waals surface area contributed by atoms with Crippen LogP contribution in [-0.2, 0) is 0 Å². The Kier molecular flexibility index (Phi) is 3.32. The predicted octanol–water partition coefficient (Wildman–Crippen LogP) is 2.81. The molecule has 1 N–H and O–H groups in total. The Balaban J connectivity index is 4.89. The minimum Gasteiger partial charge on any atom is -0.216 e. The van der Waals surface area contributed by atoms with Gasteiger partial charge in [0.2, 0.25) is 0 Å². The third-order valence-electron chi connectivity index (χ3n) is 2.65. The topological polar surface area (TPSA) is 20.2 Å². The van der Waals surface area contributed by atoms with Crippen molar-refractivity contribution < 1.29 is 9.85 Å². The Morgan fingerprint density at radius 2 is 1.17 bits per heavy atom. The molecule has 2 nitrogen and oxygen atoms in total. The first-order chi connectivity index (χ1) is 5.14. The van der Waals surface area contributed by atoms with E-state index in [9.17, 15) is 5.21 Å². The van der Waals surface area contributed by atoms with Gasteiger partial charge in [-0.05, 0) is 48.5 Å². The van der Waals surface area contributed by atoms with Crippen molar-refractivity contribution in [2.75, 3.05) is 0 Å². The molecule has 0 aromatic rings. The molecular formula is C10H24NO+.